The molecule has 0 aliphatic rings. The zero-order chi connectivity index (χ0) is 10.7. The number of carboxylic acid groups (broad SMARTS) is 2. The Labute approximate surface area is 78.9 Å². The average molecular weight is 196 g/mol. The van der Waals surface area contributed by atoms with Crippen LogP contribution in [0.5, 0.6) is 0 Å². The van der Waals surface area contributed by atoms with Gasteiger partial charge in [0.05, 0.1) is 16.8 Å². The predicted molar refractivity (Wildman–Crippen MR) is 48.2 cm³/mol. The van der Waals surface area contributed by atoms with Crippen LogP contribution in [0.2, 0.25) is 0 Å². The first-order valence-electron chi connectivity index (χ1n) is 3.63. The van der Waals surface area contributed by atoms with E-state index in [9.17, 15) is 9.59 Å². The van der Waals surface area contributed by atoms with Gasteiger partial charge in [-0.3, -0.25) is 5.84 Å². The van der Waals surface area contributed by atoms with Crippen LogP contribution in [-0.4, -0.2) is 22.2 Å². The van der Waals surface area contributed by atoms with Crippen molar-refractivity contribution < 1.29 is 19.8 Å². The summed E-state index contributed by atoms with van der Waals surface area (Å²) in [6.45, 7) is 0. The number of benzene rings is 1. The van der Waals surface area contributed by atoms with Crippen molar-refractivity contribution in [1.29, 1.82) is 0 Å². The second kappa shape index (κ2) is 3.75. The van der Waals surface area contributed by atoms with Crippen LogP contribution in [0.3, 0.4) is 0 Å². The van der Waals surface area contributed by atoms with Gasteiger partial charge >= 0.3 is 11.9 Å². The smallest absolute Gasteiger partial charge is 0.337 e. The number of rotatable bonds is 3. The lowest BCUT2D eigenvalue weighted by Gasteiger charge is -2.05. The van der Waals surface area contributed by atoms with Crippen molar-refractivity contribution in [2.45, 2.75) is 0 Å². The predicted octanol–water partition coefficient (Wildman–Crippen LogP) is 0.369. The summed E-state index contributed by atoms with van der Waals surface area (Å²) in [4.78, 5) is 21.2. The first-order valence-corrected chi connectivity index (χ1v) is 3.63. The molecule has 0 heterocycles. The third-order valence-electron chi connectivity index (χ3n) is 1.65. The van der Waals surface area contributed by atoms with Crippen molar-refractivity contribution >= 4 is 17.6 Å². The number of nitrogens with one attached hydrogen (secondary N) is 1. The second-order valence-electron chi connectivity index (χ2n) is 2.52. The number of aromatic carboxylic acids is 2. The van der Waals surface area contributed by atoms with Gasteiger partial charge in [0.15, 0.2) is 0 Å². The Morgan fingerprint density at radius 3 is 2.29 bits per heavy atom. The molecule has 0 aliphatic carbocycles. The van der Waals surface area contributed by atoms with Crippen LogP contribution >= 0.6 is 0 Å². The maximum absolute atomic E-state index is 10.6. The SMILES string of the molecule is NNc1cc(C(=O)O)ccc1C(=O)O. The lowest BCUT2D eigenvalue weighted by molar-refractivity contribution is 0.0682. The molecule has 0 atom stereocenters. The topological polar surface area (TPSA) is 113 Å². The molecule has 5 N–H and O–H groups in total. The van der Waals surface area contributed by atoms with Crippen LogP contribution in [0.15, 0.2) is 18.2 Å². The molecule has 0 amide bonds. The van der Waals surface area contributed by atoms with E-state index in [1.165, 1.54) is 12.1 Å². The molecule has 1 aromatic carbocycles. The monoisotopic (exact) mass is 196 g/mol. The number of hydrazine groups is 1. The lowest BCUT2D eigenvalue weighted by Crippen LogP contribution is -2.13. The molecule has 14 heavy (non-hydrogen) atoms. The Bertz CT molecular complexity index is 389. The fourth-order valence-corrected chi connectivity index (χ4v) is 0.983. The molecule has 0 radical (unpaired) electrons. The summed E-state index contributed by atoms with van der Waals surface area (Å²) in [5, 5.41) is 17.3. The van der Waals surface area contributed by atoms with Gasteiger partial charge in [0.2, 0.25) is 0 Å². The molecule has 0 aliphatic heterocycles. The van der Waals surface area contributed by atoms with Gasteiger partial charge in [-0.15, -0.1) is 0 Å². The fourth-order valence-electron chi connectivity index (χ4n) is 0.983. The molecule has 1 rings (SSSR count). The standard InChI is InChI=1S/C8H8N2O4/c9-10-6-3-4(7(11)12)1-2-5(6)8(13)14/h1-3,10H,9H2,(H,11,12)(H,13,14). The van der Waals surface area contributed by atoms with Crippen LogP contribution in [0.1, 0.15) is 20.7 Å². The van der Waals surface area contributed by atoms with E-state index in [0.29, 0.717) is 0 Å². The van der Waals surface area contributed by atoms with E-state index in [-0.39, 0.29) is 16.8 Å². The molecule has 0 saturated heterocycles. The number of anilines is 1. The van der Waals surface area contributed by atoms with E-state index in [1.807, 2.05) is 0 Å². The van der Waals surface area contributed by atoms with E-state index in [4.69, 9.17) is 16.1 Å². The van der Waals surface area contributed by atoms with E-state index in [0.717, 1.165) is 6.07 Å². The highest BCUT2D eigenvalue weighted by molar-refractivity contribution is 5.97. The zero-order valence-corrected chi connectivity index (χ0v) is 7.02. The van der Waals surface area contributed by atoms with E-state index >= 15 is 0 Å². The van der Waals surface area contributed by atoms with Crippen LogP contribution in [0.4, 0.5) is 5.69 Å². The van der Waals surface area contributed by atoms with Crippen molar-refractivity contribution in [2.75, 3.05) is 5.43 Å². The van der Waals surface area contributed by atoms with E-state index in [2.05, 4.69) is 5.43 Å². The molecule has 0 bridgehead atoms. The van der Waals surface area contributed by atoms with Crippen molar-refractivity contribution in [2.24, 2.45) is 5.84 Å². The van der Waals surface area contributed by atoms with Crippen LogP contribution in [0.25, 0.3) is 0 Å². The van der Waals surface area contributed by atoms with Crippen LogP contribution in [-0.2, 0) is 0 Å². The molecular weight excluding hydrogens is 188 g/mol. The van der Waals surface area contributed by atoms with Crippen molar-refractivity contribution in [3.8, 4) is 0 Å². The Morgan fingerprint density at radius 1 is 1.21 bits per heavy atom. The minimum Gasteiger partial charge on any atom is -0.478 e. The average Bonchev–Trinajstić information content (AvgIpc) is 2.16. The van der Waals surface area contributed by atoms with Crippen LogP contribution < -0.4 is 11.3 Å². The highest BCUT2D eigenvalue weighted by Gasteiger charge is 2.12. The molecule has 6 heteroatoms. The minimum atomic E-state index is -1.17. The van der Waals surface area contributed by atoms with E-state index in [1.54, 1.807) is 0 Å². The molecule has 0 aromatic heterocycles. The molecule has 6 nitrogen and oxygen atoms in total. The van der Waals surface area contributed by atoms with Gasteiger partial charge in [-0.2, -0.15) is 0 Å². The number of hydrogen-bond acceptors (Lipinski definition) is 4. The van der Waals surface area contributed by atoms with Gasteiger partial charge in [0, 0.05) is 0 Å². The molecular formula is C8H8N2O4. The van der Waals surface area contributed by atoms with Crippen LogP contribution in [0, 0.1) is 0 Å². The summed E-state index contributed by atoms with van der Waals surface area (Å²) < 4.78 is 0. The zero-order valence-electron chi connectivity index (χ0n) is 7.02. The Balaban J connectivity index is 3.25. The van der Waals surface area contributed by atoms with Crippen molar-refractivity contribution in [3.63, 3.8) is 0 Å². The second-order valence-corrected chi connectivity index (χ2v) is 2.52. The molecule has 1 aromatic rings. The van der Waals surface area contributed by atoms with Gasteiger partial charge in [-0.05, 0) is 18.2 Å². The fraction of sp³-hybridized carbons (Fsp3) is 0. The number of hydrogen-bond donors (Lipinski definition) is 4. The third-order valence-corrected chi connectivity index (χ3v) is 1.65. The number of nitrogens with two attached hydrogens (primary N) is 1. The summed E-state index contributed by atoms with van der Waals surface area (Å²) in [6.07, 6.45) is 0. The maximum atomic E-state index is 10.6. The van der Waals surface area contributed by atoms with Gasteiger partial charge in [-0.1, -0.05) is 0 Å². The highest BCUT2D eigenvalue weighted by atomic mass is 16.4. The number of carbonyl (C=O) groups is 2. The molecule has 0 unspecified atom stereocenters. The lowest BCUT2D eigenvalue weighted by atomic mass is 10.1. The van der Waals surface area contributed by atoms with Crippen molar-refractivity contribution in [3.05, 3.63) is 29.3 Å². The summed E-state index contributed by atoms with van der Waals surface area (Å²) in [5.41, 5.74) is 2.10. The minimum absolute atomic E-state index is 0.0250. The summed E-state index contributed by atoms with van der Waals surface area (Å²) in [7, 11) is 0. The Morgan fingerprint density at radius 2 is 1.86 bits per heavy atom. The van der Waals surface area contributed by atoms with Gasteiger partial charge in [0.25, 0.3) is 0 Å². The Hall–Kier alpha value is -2.08. The first-order chi connectivity index (χ1) is 6.56. The molecule has 0 fully saturated rings. The van der Waals surface area contributed by atoms with E-state index < -0.39 is 11.9 Å². The Kier molecular flexibility index (Phi) is 2.68. The molecule has 74 valence electrons. The summed E-state index contributed by atoms with van der Waals surface area (Å²) >= 11 is 0. The van der Waals surface area contributed by atoms with Gasteiger partial charge in [-0.25, -0.2) is 9.59 Å². The first kappa shape index (κ1) is 10.0. The summed E-state index contributed by atoms with van der Waals surface area (Å²) in [6, 6.07) is 3.54. The number of nitrogen functional groups attached to an aromatic ring is 1. The third kappa shape index (κ3) is 1.80. The van der Waals surface area contributed by atoms with Gasteiger partial charge in [0.1, 0.15) is 0 Å². The number of carboxylic acids is 2. The highest BCUT2D eigenvalue weighted by Crippen LogP contribution is 2.16. The molecule has 0 saturated carbocycles. The quantitative estimate of drug-likeness (QED) is 0.410. The van der Waals surface area contributed by atoms with Crippen molar-refractivity contribution in [1.82, 2.24) is 0 Å². The van der Waals surface area contributed by atoms with Gasteiger partial charge < -0.3 is 15.6 Å². The maximum Gasteiger partial charge on any atom is 0.337 e. The molecule has 0 spiro atoms. The largest absolute Gasteiger partial charge is 0.478 e. The normalized spacial score (nSPS) is 9.50. The summed E-state index contributed by atoms with van der Waals surface area (Å²) in [5.74, 6) is 2.74.